The molecule has 2 aromatic rings. The SMILES string of the molecule is CCOC(=O)CSc1nnc(-c2cnccn2)s1. The number of hydrogen-bond acceptors (Lipinski definition) is 8. The number of aromatic nitrogens is 4. The predicted molar refractivity (Wildman–Crippen MR) is 68.3 cm³/mol. The molecule has 0 saturated heterocycles. The van der Waals surface area contributed by atoms with Crippen molar-refractivity contribution in [2.75, 3.05) is 12.4 Å². The first-order valence-corrected chi connectivity index (χ1v) is 6.98. The predicted octanol–water partition coefficient (Wildman–Crippen LogP) is 1.65. The number of carbonyl (C=O) groups is 1. The summed E-state index contributed by atoms with van der Waals surface area (Å²) in [7, 11) is 0. The second kappa shape index (κ2) is 6.41. The van der Waals surface area contributed by atoms with Gasteiger partial charge in [-0.3, -0.25) is 14.8 Å². The minimum absolute atomic E-state index is 0.239. The van der Waals surface area contributed by atoms with Gasteiger partial charge in [-0.2, -0.15) is 0 Å². The highest BCUT2D eigenvalue weighted by atomic mass is 32.2. The minimum atomic E-state index is -0.251. The molecule has 94 valence electrons. The fourth-order valence-electron chi connectivity index (χ4n) is 1.10. The van der Waals surface area contributed by atoms with E-state index >= 15 is 0 Å². The van der Waals surface area contributed by atoms with E-state index in [9.17, 15) is 4.79 Å². The van der Waals surface area contributed by atoms with Gasteiger partial charge >= 0.3 is 5.97 Å². The van der Waals surface area contributed by atoms with E-state index in [-0.39, 0.29) is 11.7 Å². The van der Waals surface area contributed by atoms with Crippen LogP contribution in [0.2, 0.25) is 0 Å². The van der Waals surface area contributed by atoms with Gasteiger partial charge in [0.15, 0.2) is 9.35 Å². The molecule has 0 saturated carbocycles. The van der Waals surface area contributed by atoms with E-state index in [4.69, 9.17) is 4.74 Å². The average Bonchev–Trinajstić information content (AvgIpc) is 2.87. The second-order valence-corrected chi connectivity index (χ2v) is 5.26. The Labute approximate surface area is 112 Å². The standard InChI is InChI=1S/C10H10N4O2S2/c1-2-16-8(15)6-17-10-14-13-9(18-10)7-5-11-3-4-12-7/h3-5H,2,6H2,1H3. The summed E-state index contributed by atoms with van der Waals surface area (Å²) in [5.74, 6) is -0.0121. The molecular formula is C10H10N4O2S2. The van der Waals surface area contributed by atoms with Crippen molar-refractivity contribution < 1.29 is 9.53 Å². The molecule has 2 heterocycles. The summed E-state index contributed by atoms with van der Waals surface area (Å²) >= 11 is 2.68. The van der Waals surface area contributed by atoms with E-state index in [0.717, 1.165) is 0 Å². The highest BCUT2D eigenvalue weighted by Gasteiger charge is 2.10. The van der Waals surface area contributed by atoms with Gasteiger partial charge in [-0.05, 0) is 6.92 Å². The molecule has 0 N–H and O–H groups in total. The molecular weight excluding hydrogens is 272 g/mol. The third-order valence-corrected chi connectivity index (χ3v) is 3.86. The smallest absolute Gasteiger partial charge is 0.316 e. The maximum atomic E-state index is 11.2. The van der Waals surface area contributed by atoms with Crippen LogP contribution in [0.25, 0.3) is 10.7 Å². The fraction of sp³-hybridized carbons (Fsp3) is 0.300. The van der Waals surface area contributed by atoms with Gasteiger partial charge in [0.1, 0.15) is 5.69 Å². The Morgan fingerprint density at radius 1 is 1.44 bits per heavy atom. The van der Waals surface area contributed by atoms with E-state index in [0.29, 0.717) is 21.6 Å². The lowest BCUT2D eigenvalue weighted by Crippen LogP contribution is -2.06. The molecule has 0 aliphatic heterocycles. The first-order valence-electron chi connectivity index (χ1n) is 5.18. The van der Waals surface area contributed by atoms with Crippen LogP contribution in [-0.4, -0.2) is 38.5 Å². The molecule has 0 spiro atoms. The average molecular weight is 282 g/mol. The molecule has 2 aromatic heterocycles. The lowest BCUT2D eigenvalue weighted by atomic mass is 10.5. The number of thioether (sulfide) groups is 1. The van der Waals surface area contributed by atoms with E-state index in [1.165, 1.54) is 23.1 Å². The maximum Gasteiger partial charge on any atom is 0.316 e. The molecule has 0 bridgehead atoms. The van der Waals surface area contributed by atoms with Gasteiger partial charge < -0.3 is 4.74 Å². The Morgan fingerprint density at radius 3 is 3.06 bits per heavy atom. The number of rotatable bonds is 5. The zero-order valence-electron chi connectivity index (χ0n) is 9.57. The van der Waals surface area contributed by atoms with Gasteiger partial charge in [0.05, 0.1) is 18.6 Å². The highest BCUT2D eigenvalue weighted by molar-refractivity contribution is 8.01. The molecule has 0 aliphatic rings. The lowest BCUT2D eigenvalue weighted by Gasteiger charge is -1.97. The summed E-state index contributed by atoms with van der Waals surface area (Å²) in [6.45, 7) is 2.17. The van der Waals surface area contributed by atoms with E-state index in [1.54, 1.807) is 25.5 Å². The molecule has 6 nitrogen and oxygen atoms in total. The molecule has 0 amide bonds. The number of nitrogens with zero attached hydrogens (tertiary/aromatic N) is 4. The van der Waals surface area contributed by atoms with Crippen molar-refractivity contribution in [2.24, 2.45) is 0 Å². The summed E-state index contributed by atoms with van der Waals surface area (Å²) in [5.41, 5.74) is 0.679. The van der Waals surface area contributed by atoms with E-state index in [2.05, 4.69) is 20.2 Å². The summed E-state index contributed by atoms with van der Waals surface area (Å²) in [4.78, 5) is 19.3. The third kappa shape index (κ3) is 3.47. The Morgan fingerprint density at radius 2 is 2.33 bits per heavy atom. The third-order valence-electron chi connectivity index (χ3n) is 1.81. The number of esters is 1. The van der Waals surface area contributed by atoms with Crippen molar-refractivity contribution in [1.29, 1.82) is 0 Å². The van der Waals surface area contributed by atoms with Gasteiger partial charge in [0.2, 0.25) is 0 Å². The molecule has 0 aliphatic carbocycles. The molecule has 8 heteroatoms. The summed E-state index contributed by atoms with van der Waals surface area (Å²) in [5, 5.41) is 8.67. The van der Waals surface area contributed by atoms with Crippen molar-refractivity contribution in [3.05, 3.63) is 18.6 Å². The monoisotopic (exact) mass is 282 g/mol. The van der Waals surface area contributed by atoms with Crippen molar-refractivity contribution in [3.63, 3.8) is 0 Å². The van der Waals surface area contributed by atoms with Crippen molar-refractivity contribution in [2.45, 2.75) is 11.3 Å². The van der Waals surface area contributed by atoms with Crippen LogP contribution in [0.4, 0.5) is 0 Å². The van der Waals surface area contributed by atoms with Crippen LogP contribution in [0.3, 0.4) is 0 Å². The molecule has 2 rings (SSSR count). The highest BCUT2D eigenvalue weighted by Crippen LogP contribution is 2.27. The van der Waals surface area contributed by atoms with Crippen LogP contribution in [0, 0.1) is 0 Å². The lowest BCUT2D eigenvalue weighted by molar-refractivity contribution is -0.139. The summed E-state index contributed by atoms with van der Waals surface area (Å²) in [6.07, 6.45) is 4.82. The van der Waals surface area contributed by atoms with Crippen LogP contribution >= 0.6 is 23.1 Å². The molecule has 18 heavy (non-hydrogen) atoms. The fourth-order valence-corrected chi connectivity index (χ4v) is 2.72. The van der Waals surface area contributed by atoms with Crippen molar-refractivity contribution in [1.82, 2.24) is 20.2 Å². The number of ether oxygens (including phenoxy) is 1. The van der Waals surface area contributed by atoms with E-state index < -0.39 is 0 Å². The molecule has 0 aromatic carbocycles. The first-order chi connectivity index (χ1) is 8.79. The Balaban J connectivity index is 1.97. The Hall–Kier alpha value is -1.54. The zero-order valence-corrected chi connectivity index (χ0v) is 11.2. The van der Waals surface area contributed by atoms with Crippen LogP contribution in [0.5, 0.6) is 0 Å². The maximum absolute atomic E-state index is 11.2. The number of hydrogen-bond donors (Lipinski definition) is 0. The van der Waals surface area contributed by atoms with Gasteiger partial charge in [0, 0.05) is 12.4 Å². The summed E-state index contributed by atoms with van der Waals surface area (Å²) < 4.78 is 5.54. The molecule has 0 unspecified atom stereocenters. The van der Waals surface area contributed by atoms with Crippen molar-refractivity contribution in [3.8, 4) is 10.7 Å². The minimum Gasteiger partial charge on any atom is -0.465 e. The van der Waals surface area contributed by atoms with Gasteiger partial charge in [-0.15, -0.1) is 10.2 Å². The Bertz CT molecular complexity index is 518. The normalized spacial score (nSPS) is 10.3. The largest absolute Gasteiger partial charge is 0.465 e. The molecule has 0 radical (unpaired) electrons. The van der Waals surface area contributed by atoms with Gasteiger partial charge in [-0.25, -0.2) is 0 Å². The van der Waals surface area contributed by atoms with Crippen LogP contribution in [0.1, 0.15) is 6.92 Å². The van der Waals surface area contributed by atoms with Crippen LogP contribution in [-0.2, 0) is 9.53 Å². The van der Waals surface area contributed by atoms with Crippen molar-refractivity contribution >= 4 is 29.1 Å². The molecule has 0 fully saturated rings. The summed E-state index contributed by atoms with van der Waals surface area (Å²) in [6, 6.07) is 0. The zero-order chi connectivity index (χ0) is 12.8. The topological polar surface area (TPSA) is 77.9 Å². The van der Waals surface area contributed by atoms with Crippen LogP contribution < -0.4 is 0 Å². The first kappa shape index (κ1) is 12.9. The van der Waals surface area contributed by atoms with E-state index in [1.807, 2.05) is 0 Å². The Kier molecular flexibility index (Phi) is 4.59. The molecule has 0 atom stereocenters. The second-order valence-electron chi connectivity index (χ2n) is 3.06. The van der Waals surface area contributed by atoms with Gasteiger partial charge in [-0.1, -0.05) is 23.1 Å². The number of carbonyl (C=O) groups excluding carboxylic acids is 1. The van der Waals surface area contributed by atoms with Crippen LogP contribution in [0.15, 0.2) is 22.9 Å². The quantitative estimate of drug-likeness (QED) is 0.609. The van der Waals surface area contributed by atoms with Gasteiger partial charge in [0.25, 0.3) is 0 Å².